The first-order valence-electron chi connectivity index (χ1n) is 9.47. The first-order valence-corrected chi connectivity index (χ1v) is 9.47. The van der Waals surface area contributed by atoms with Crippen LogP contribution in [0.2, 0.25) is 0 Å². The number of rotatable bonds is 7. The molecule has 24 heavy (non-hydrogen) atoms. The molecule has 2 heteroatoms. The Labute approximate surface area is 149 Å². The third-order valence-corrected chi connectivity index (χ3v) is 5.26. The van der Waals surface area contributed by atoms with Crippen molar-refractivity contribution >= 4 is 11.6 Å². The lowest BCUT2D eigenvalue weighted by molar-refractivity contribution is -0.117. The first kappa shape index (κ1) is 22.8. The van der Waals surface area contributed by atoms with Crippen molar-refractivity contribution in [3.05, 3.63) is 23.8 Å². The maximum absolute atomic E-state index is 11.0. The number of allylic oxidation sites excluding steroid dienone is 4. The summed E-state index contributed by atoms with van der Waals surface area (Å²) in [6.45, 7) is 14.5. The van der Waals surface area contributed by atoms with E-state index >= 15 is 0 Å². The smallest absolute Gasteiger partial charge is 0.152 e. The SMILES string of the molecule is CC(=O)/C=C/C1C(C)=CCC(C)C1(C)C.CCCCCCC(C)=O. The molecule has 0 fully saturated rings. The molecule has 1 rings (SSSR count). The Balaban J connectivity index is 0.000000506. The first-order chi connectivity index (χ1) is 11.1. The van der Waals surface area contributed by atoms with Gasteiger partial charge in [0, 0.05) is 12.3 Å². The number of hydrogen-bond donors (Lipinski definition) is 0. The fourth-order valence-electron chi connectivity index (χ4n) is 3.12. The van der Waals surface area contributed by atoms with Gasteiger partial charge in [-0.25, -0.2) is 0 Å². The highest BCUT2D eigenvalue weighted by Gasteiger charge is 2.36. The highest BCUT2D eigenvalue weighted by atomic mass is 16.1. The number of carbonyl (C=O) groups excluding carboxylic acids is 2. The third-order valence-electron chi connectivity index (χ3n) is 5.26. The zero-order chi connectivity index (χ0) is 18.8. The fourth-order valence-corrected chi connectivity index (χ4v) is 3.12. The van der Waals surface area contributed by atoms with Crippen molar-refractivity contribution in [2.45, 2.75) is 87.0 Å². The van der Waals surface area contributed by atoms with Crippen molar-refractivity contribution < 1.29 is 9.59 Å². The predicted molar refractivity (Wildman–Crippen MR) is 104 cm³/mol. The van der Waals surface area contributed by atoms with Gasteiger partial charge in [-0.3, -0.25) is 4.79 Å². The summed E-state index contributed by atoms with van der Waals surface area (Å²) in [6, 6.07) is 0. The fraction of sp³-hybridized carbons (Fsp3) is 0.727. The minimum Gasteiger partial charge on any atom is -0.300 e. The molecule has 0 aromatic carbocycles. The Hall–Kier alpha value is -1.18. The van der Waals surface area contributed by atoms with Gasteiger partial charge in [-0.15, -0.1) is 0 Å². The van der Waals surface area contributed by atoms with Gasteiger partial charge in [0.1, 0.15) is 5.78 Å². The molecule has 0 spiro atoms. The molecule has 0 bridgehead atoms. The van der Waals surface area contributed by atoms with Gasteiger partial charge < -0.3 is 4.79 Å². The lowest BCUT2D eigenvalue weighted by Crippen LogP contribution is -2.33. The lowest BCUT2D eigenvalue weighted by atomic mass is 9.63. The minimum atomic E-state index is 0.136. The Morgan fingerprint density at radius 2 is 1.83 bits per heavy atom. The van der Waals surface area contributed by atoms with Gasteiger partial charge in [-0.2, -0.15) is 0 Å². The van der Waals surface area contributed by atoms with Crippen LogP contribution in [0.4, 0.5) is 0 Å². The highest BCUT2D eigenvalue weighted by molar-refractivity contribution is 5.87. The lowest BCUT2D eigenvalue weighted by Gasteiger charge is -2.42. The molecule has 0 N–H and O–H groups in total. The van der Waals surface area contributed by atoms with E-state index in [0.29, 0.717) is 17.6 Å². The van der Waals surface area contributed by atoms with Crippen molar-refractivity contribution in [1.82, 2.24) is 0 Å². The average molecular weight is 335 g/mol. The molecular weight excluding hydrogens is 296 g/mol. The van der Waals surface area contributed by atoms with E-state index in [1.165, 1.54) is 24.8 Å². The molecular formula is C22H38O2. The van der Waals surface area contributed by atoms with E-state index in [2.05, 4.69) is 46.8 Å². The van der Waals surface area contributed by atoms with Gasteiger partial charge >= 0.3 is 0 Å². The van der Waals surface area contributed by atoms with Crippen molar-refractivity contribution in [1.29, 1.82) is 0 Å². The number of unbranched alkanes of at least 4 members (excludes halogenated alkanes) is 3. The van der Waals surface area contributed by atoms with Gasteiger partial charge in [0.15, 0.2) is 5.78 Å². The van der Waals surface area contributed by atoms with E-state index in [1.54, 1.807) is 19.9 Å². The van der Waals surface area contributed by atoms with Gasteiger partial charge in [0.2, 0.25) is 0 Å². The molecule has 0 aliphatic heterocycles. The molecule has 138 valence electrons. The summed E-state index contributed by atoms with van der Waals surface area (Å²) in [7, 11) is 0. The van der Waals surface area contributed by atoms with Crippen LogP contribution < -0.4 is 0 Å². The number of carbonyl (C=O) groups is 2. The van der Waals surface area contributed by atoms with Crippen LogP contribution in [0.25, 0.3) is 0 Å². The minimum absolute atomic E-state index is 0.136. The predicted octanol–water partition coefficient (Wildman–Crippen LogP) is 6.31. The molecule has 1 aliphatic carbocycles. The van der Waals surface area contributed by atoms with Gasteiger partial charge in [-0.1, -0.05) is 64.7 Å². The molecule has 0 amide bonds. The largest absolute Gasteiger partial charge is 0.300 e. The second-order valence-corrected chi connectivity index (χ2v) is 7.87. The summed E-state index contributed by atoms with van der Waals surface area (Å²) in [5.74, 6) is 1.54. The molecule has 2 nitrogen and oxygen atoms in total. The third kappa shape index (κ3) is 8.61. The number of hydrogen-bond acceptors (Lipinski definition) is 2. The molecule has 0 saturated heterocycles. The zero-order valence-corrected chi connectivity index (χ0v) is 16.9. The normalized spacial score (nSPS) is 22.5. The van der Waals surface area contributed by atoms with E-state index in [-0.39, 0.29) is 11.2 Å². The topological polar surface area (TPSA) is 34.1 Å². The Kier molecular flexibility index (Phi) is 10.8. The summed E-state index contributed by atoms with van der Waals surface area (Å²) in [4.78, 5) is 21.4. The molecule has 0 aromatic rings. The summed E-state index contributed by atoms with van der Waals surface area (Å²) in [6.07, 6.45) is 12.9. The summed E-state index contributed by atoms with van der Waals surface area (Å²) in [5.41, 5.74) is 1.65. The van der Waals surface area contributed by atoms with Crippen molar-refractivity contribution in [3.8, 4) is 0 Å². The Morgan fingerprint density at radius 3 is 2.33 bits per heavy atom. The molecule has 0 aromatic heterocycles. The van der Waals surface area contributed by atoms with Crippen LogP contribution in [0.5, 0.6) is 0 Å². The second kappa shape index (κ2) is 11.4. The van der Waals surface area contributed by atoms with Crippen LogP contribution >= 0.6 is 0 Å². The Bertz CT molecular complexity index is 455. The number of ketones is 2. The van der Waals surface area contributed by atoms with Crippen LogP contribution in [0.15, 0.2) is 23.8 Å². The molecule has 1 aliphatic rings. The van der Waals surface area contributed by atoms with Crippen LogP contribution in [-0.4, -0.2) is 11.6 Å². The summed E-state index contributed by atoms with van der Waals surface area (Å²) < 4.78 is 0. The van der Waals surface area contributed by atoms with E-state index < -0.39 is 0 Å². The van der Waals surface area contributed by atoms with Crippen molar-refractivity contribution in [3.63, 3.8) is 0 Å². The van der Waals surface area contributed by atoms with Gasteiger partial charge in [0.25, 0.3) is 0 Å². The molecule has 2 atom stereocenters. The monoisotopic (exact) mass is 334 g/mol. The van der Waals surface area contributed by atoms with E-state index in [1.807, 2.05) is 0 Å². The van der Waals surface area contributed by atoms with Crippen molar-refractivity contribution in [2.24, 2.45) is 17.3 Å². The maximum atomic E-state index is 11.0. The van der Waals surface area contributed by atoms with E-state index in [4.69, 9.17) is 0 Å². The summed E-state index contributed by atoms with van der Waals surface area (Å²) in [5, 5.41) is 0. The Morgan fingerprint density at radius 1 is 1.21 bits per heavy atom. The average Bonchev–Trinajstić information content (AvgIpc) is 2.48. The molecule has 0 saturated carbocycles. The molecule has 0 heterocycles. The van der Waals surface area contributed by atoms with E-state index in [0.717, 1.165) is 19.3 Å². The quantitative estimate of drug-likeness (QED) is 0.311. The maximum Gasteiger partial charge on any atom is 0.152 e. The standard InChI is InChI=1S/C14H22O.C8H16O/c1-10-6-7-11(2)14(4,5)13(10)9-8-12(3)15;1-3-4-5-6-7-8(2)9/h6,8-9,11,13H,7H2,1-5H3;3-7H2,1-2H3/b9-8+;. The highest BCUT2D eigenvalue weighted by Crippen LogP contribution is 2.45. The molecule has 2 unspecified atom stereocenters. The molecule has 0 radical (unpaired) electrons. The van der Waals surface area contributed by atoms with Crippen LogP contribution in [-0.2, 0) is 9.59 Å². The van der Waals surface area contributed by atoms with E-state index in [9.17, 15) is 9.59 Å². The summed E-state index contributed by atoms with van der Waals surface area (Å²) >= 11 is 0. The van der Waals surface area contributed by atoms with Crippen molar-refractivity contribution in [2.75, 3.05) is 0 Å². The van der Waals surface area contributed by atoms with Gasteiger partial charge in [0.05, 0.1) is 0 Å². The van der Waals surface area contributed by atoms with Crippen LogP contribution in [0.1, 0.15) is 87.0 Å². The van der Waals surface area contributed by atoms with Gasteiger partial charge in [-0.05, 0) is 51.0 Å². The number of Topliss-reactive ketones (excluding diaryl/α,β-unsaturated/α-hetero) is 1. The second-order valence-electron chi connectivity index (χ2n) is 7.87. The van der Waals surface area contributed by atoms with Crippen LogP contribution in [0.3, 0.4) is 0 Å². The van der Waals surface area contributed by atoms with Crippen LogP contribution in [0, 0.1) is 17.3 Å². The zero-order valence-electron chi connectivity index (χ0n) is 16.9.